The zero-order chi connectivity index (χ0) is 18.0. The van der Waals surface area contributed by atoms with Crippen LogP contribution in [0.2, 0.25) is 0 Å². The second-order valence-corrected chi connectivity index (χ2v) is 5.91. The van der Waals surface area contributed by atoms with Gasteiger partial charge in [-0.1, -0.05) is 0 Å². The van der Waals surface area contributed by atoms with Crippen LogP contribution in [-0.4, -0.2) is 62.0 Å². The van der Waals surface area contributed by atoms with Gasteiger partial charge in [-0.2, -0.15) is 0 Å². The normalized spacial score (nSPS) is 22.6. The number of hydrogen-bond donors (Lipinski definition) is 3. The predicted octanol–water partition coefficient (Wildman–Crippen LogP) is 0.198. The summed E-state index contributed by atoms with van der Waals surface area (Å²) in [5.74, 6) is -1.23. The van der Waals surface area contributed by atoms with Crippen LogP contribution >= 0.6 is 0 Å². The molecule has 2 saturated heterocycles. The number of methoxy groups -OCH3 is 1. The van der Waals surface area contributed by atoms with Crippen molar-refractivity contribution in [1.82, 2.24) is 10.6 Å². The first kappa shape index (κ1) is 17.0. The van der Waals surface area contributed by atoms with Gasteiger partial charge < -0.3 is 25.2 Å². The number of nitrogens with zero attached hydrogens (tertiary/aromatic N) is 1. The molecule has 3 amide bonds. The van der Waals surface area contributed by atoms with E-state index in [1.165, 1.54) is 24.1 Å². The van der Waals surface area contributed by atoms with Crippen molar-refractivity contribution >= 4 is 23.6 Å². The van der Waals surface area contributed by atoms with E-state index in [1.54, 1.807) is 6.07 Å². The zero-order valence-electron chi connectivity index (χ0n) is 13.7. The number of rotatable bonds is 5. The number of benzene rings is 1. The summed E-state index contributed by atoms with van der Waals surface area (Å²) in [7, 11) is 1.47. The molecule has 2 heterocycles. The van der Waals surface area contributed by atoms with Crippen molar-refractivity contribution in [3.05, 3.63) is 23.8 Å². The fourth-order valence-electron chi connectivity index (χ4n) is 2.92. The average molecular weight is 349 g/mol. The van der Waals surface area contributed by atoms with Crippen LogP contribution in [0.25, 0.3) is 0 Å². The predicted molar refractivity (Wildman–Crippen MR) is 87.0 cm³/mol. The van der Waals surface area contributed by atoms with Gasteiger partial charge in [0.25, 0.3) is 5.91 Å². The van der Waals surface area contributed by atoms with Crippen LogP contribution in [0.3, 0.4) is 0 Å². The molecule has 0 spiro atoms. The van der Waals surface area contributed by atoms with Gasteiger partial charge in [0.05, 0.1) is 19.4 Å². The van der Waals surface area contributed by atoms with E-state index in [0.29, 0.717) is 24.5 Å². The Morgan fingerprint density at radius 2 is 2.24 bits per heavy atom. The Labute approximate surface area is 143 Å². The first-order chi connectivity index (χ1) is 12.0. The number of aliphatic carboxylic acids is 1. The summed E-state index contributed by atoms with van der Waals surface area (Å²) in [4.78, 5) is 37.5. The molecule has 0 aliphatic carbocycles. The lowest BCUT2D eigenvalue weighted by molar-refractivity contribution is -0.144. The molecule has 2 aliphatic rings. The fraction of sp³-hybridized carbons (Fsp3) is 0.438. The number of carbonyl (C=O) groups excluding carboxylic acids is 2. The van der Waals surface area contributed by atoms with Crippen LogP contribution < -0.4 is 20.3 Å². The minimum absolute atomic E-state index is 0.0778. The summed E-state index contributed by atoms with van der Waals surface area (Å²) in [6.45, 7) is 1.14. The van der Waals surface area contributed by atoms with Gasteiger partial charge in [-0.05, 0) is 18.2 Å². The first-order valence-corrected chi connectivity index (χ1v) is 7.84. The maximum Gasteiger partial charge on any atom is 0.331 e. The topological polar surface area (TPSA) is 117 Å². The van der Waals surface area contributed by atoms with Gasteiger partial charge in [0, 0.05) is 31.7 Å². The van der Waals surface area contributed by atoms with Gasteiger partial charge in [0.2, 0.25) is 0 Å². The molecule has 0 saturated carbocycles. The van der Waals surface area contributed by atoms with Crippen molar-refractivity contribution in [2.75, 3.05) is 38.3 Å². The highest BCUT2D eigenvalue weighted by molar-refractivity contribution is 6.01. The molecule has 0 radical (unpaired) electrons. The van der Waals surface area contributed by atoms with Crippen LogP contribution in [0.5, 0.6) is 5.75 Å². The molecule has 1 aromatic rings. The molecule has 2 aliphatic heterocycles. The Balaban J connectivity index is 1.88. The first-order valence-electron chi connectivity index (χ1n) is 7.84. The molecule has 0 aromatic heterocycles. The minimum Gasteiger partial charge on any atom is -0.495 e. The van der Waals surface area contributed by atoms with Gasteiger partial charge in [-0.3, -0.25) is 9.69 Å². The van der Waals surface area contributed by atoms with Gasteiger partial charge in [-0.25, -0.2) is 9.59 Å². The van der Waals surface area contributed by atoms with Crippen LogP contribution in [0.4, 0.5) is 10.5 Å². The Morgan fingerprint density at radius 3 is 2.80 bits per heavy atom. The molecule has 3 rings (SSSR count). The van der Waals surface area contributed by atoms with Gasteiger partial charge in [0.1, 0.15) is 5.75 Å². The molecular weight excluding hydrogens is 330 g/mol. The third-order valence-electron chi connectivity index (χ3n) is 4.37. The quantitative estimate of drug-likeness (QED) is 0.699. The molecule has 1 unspecified atom stereocenters. The fourth-order valence-corrected chi connectivity index (χ4v) is 2.92. The van der Waals surface area contributed by atoms with Crippen molar-refractivity contribution in [3.8, 4) is 5.75 Å². The summed E-state index contributed by atoms with van der Waals surface area (Å²) in [5, 5.41) is 14.7. The lowest BCUT2D eigenvalue weighted by Crippen LogP contribution is -2.55. The van der Waals surface area contributed by atoms with E-state index in [0.717, 1.165) is 0 Å². The van der Waals surface area contributed by atoms with Crippen LogP contribution in [0, 0.1) is 0 Å². The number of nitrogens with one attached hydrogen (secondary N) is 2. The van der Waals surface area contributed by atoms with Crippen LogP contribution in [-0.2, 0) is 9.53 Å². The monoisotopic (exact) mass is 349 g/mol. The van der Waals surface area contributed by atoms with E-state index in [2.05, 4.69) is 10.6 Å². The third-order valence-corrected chi connectivity index (χ3v) is 4.37. The number of urea groups is 1. The highest BCUT2D eigenvalue weighted by atomic mass is 16.5. The smallest absolute Gasteiger partial charge is 0.331 e. The number of carbonyl (C=O) groups is 3. The molecular formula is C16H19N3O6. The third kappa shape index (κ3) is 3.10. The SMILES string of the molecule is COc1ccc(C(=O)NC2(C(=O)O)CCOC2)cc1N1CCNC1=O. The molecule has 9 heteroatoms. The van der Waals surface area contributed by atoms with Crippen molar-refractivity contribution < 1.29 is 29.0 Å². The molecule has 2 fully saturated rings. The van der Waals surface area contributed by atoms with Crippen LogP contribution in [0.15, 0.2) is 18.2 Å². The van der Waals surface area contributed by atoms with E-state index in [1.807, 2.05) is 0 Å². The summed E-state index contributed by atoms with van der Waals surface area (Å²) in [6.07, 6.45) is 0.200. The molecule has 3 N–H and O–H groups in total. The second kappa shape index (κ2) is 6.60. The molecule has 1 atom stereocenters. The average Bonchev–Trinajstić information content (AvgIpc) is 3.24. The summed E-state index contributed by atoms with van der Waals surface area (Å²) in [5.41, 5.74) is -0.734. The van der Waals surface area contributed by atoms with Gasteiger partial charge in [-0.15, -0.1) is 0 Å². The number of hydrogen-bond acceptors (Lipinski definition) is 5. The number of anilines is 1. The Morgan fingerprint density at radius 1 is 1.44 bits per heavy atom. The van der Waals surface area contributed by atoms with E-state index in [-0.39, 0.29) is 31.2 Å². The van der Waals surface area contributed by atoms with Crippen molar-refractivity contribution in [2.45, 2.75) is 12.0 Å². The Bertz CT molecular complexity index is 714. The Kier molecular flexibility index (Phi) is 4.49. The largest absolute Gasteiger partial charge is 0.495 e. The summed E-state index contributed by atoms with van der Waals surface area (Å²) in [6, 6.07) is 4.35. The number of carboxylic acid groups (broad SMARTS) is 1. The maximum atomic E-state index is 12.6. The van der Waals surface area contributed by atoms with Crippen molar-refractivity contribution in [3.63, 3.8) is 0 Å². The Hall–Kier alpha value is -2.81. The van der Waals surface area contributed by atoms with Crippen molar-refractivity contribution in [1.29, 1.82) is 0 Å². The summed E-state index contributed by atoms with van der Waals surface area (Å²) < 4.78 is 10.4. The van der Waals surface area contributed by atoms with Crippen LogP contribution in [0.1, 0.15) is 16.8 Å². The molecule has 25 heavy (non-hydrogen) atoms. The van der Waals surface area contributed by atoms with Crippen molar-refractivity contribution in [2.24, 2.45) is 0 Å². The molecule has 1 aromatic carbocycles. The van der Waals surface area contributed by atoms with E-state index in [9.17, 15) is 19.5 Å². The molecule has 0 bridgehead atoms. The molecule has 9 nitrogen and oxygen atoms in total. The number of amides is 3. The highest BCUT2D eigenvalue weighted by Crippen LogP contribution is 2.31. The van der Waals surface area contributed by atoms with E-state index in [4.69, 9.17) is 9.47 Å². The lowest BCUT2D eigenvalue weighted by atomic mass is 9.98. The molecule has 134 valence electrons. The highest BCUT2D eigenvalue weighted by Gasteiger charge is 2.44. The lowest BCUT2D eigenvalue weighted by Gasteiger charge is -2.24. The minimum atomic E-state index is -1.43. The zero-order valence-corrected chi connectivity index (χ0v) is 13.7. The van der Waals surface area contributed by atoms with Gasteiger partial charge in [0.15, 0.2) is 5.54 Å². The second-order valence-electron chi connectivity index (χ2n) is 5.91. The number of carboxylic acids is 1. The standard InChI is InChI=1S/C16H19N3O6/c1-24-12-3-2-10(8-11(12)19-6-5-17-15(19)23)13(20)18-16(14(21)22)4-7-25-9-16/h2-3,8H,4-7,9H2,1H3,(H,17,23)(H,18,20)(H,21,22). The van der Waals surface area contributed by atoms with E-state index >= 15 is 0 Å². The number of ether oxygens (including phenoxy) is 2. The maximum absolute atomic E-state index is 12.6. The van der Waals surface area contributed by atoms with E-state index < -0.39 is 17.4 Å². The van der Waals surface area contributed by atoms with Gasteiger partial charge >= 0.3 is 12.0 Å². The summed E-state index contributed by atoms with van der Waals surface area (Å²) >= 11 is 0.